The molecule has 1 aliphatic heterocycles. The van der Waals surface area contributed by atoms with Gasteiger partial charge in [0, 0.05) is 25.7 Å². The molecule has 0 aliphatic carbocycles. The van der Waals surface area contributed by atoms with Crippen molar-refractivity contribution in [2.45, 2.75) is 12.2 Å². The fourth-order valence-corrected chi connectivity index (χ4v) is 3.48. The minimum Gasteiger partial charge on any atom is -0.379 e. The molecule has 1 aliphatic rings. The largest absolute Gasteiger partial charge is 0.416 e. The van der Waals surface area contributed by atoms with E-state index < -0.39 is 17.6 Å². The average molecular weight is 461 g/mol. The molecule has 1 unspecified atom stereocenters. The van der Waals surface area contributed by atoms with Crippen molar-refractivity contribution in [3.05, 3.63) is 77.4 Å². The first-order valence-electron chi connectivity index (χ1n) is 10.6. The van der Waals surface area contributed by atoms with E-state index in [9.17, 15) is 22.8 Å². The summed E-state index contributed by atoms with van der Waals surface area (Å²) in [5.74, 6) is -0.789. The van der Waals surface area contributed by atoms with Crippen LogP contribution >= 0.6 is 0 Å². The number of rotatable bonds is 8. The Morgan fingerprint density at radius 1 is 1.00 bits per heavy atom. The van der Waals surface area contributed by atoms with Crippen LogP contribution in [0.3, 0.4) is 0 Å². The van der Waals surface area contributed by atoms with Crippen LogP contribution in [0.15, 0.2) is 60.7 Å². The Balaban J connectivity index is 1.55. The van der Waals surface area contributed by atoms with Crippen molar-refractivity contribution in [1.82, 2.24) is 15.5 Å². The van der Waals surface area contributed by atoms with Gasteiger partial charge in [-0.1, -0.05) is 42.5 Å². The maximum absolute atomic E-state index is 12.9. The monoisotopic (exact) mass is 461 g/mol. The van der Waals surface area contributed by atoms with E-state index in [2.05, 4.69) is 15.5 Å². The van der Waals surface area contributed by atoms with Crippen LogP contribution in [-0.2, 0) is 20.5 Å². The zero-order valence-electron chi connectivity index (χ0n) is 18.0. The minimum absolute atomic E-state index is 0.194. The van der Waals surface area contributed by atoms with Crippen LogP contribution in [0.4, 0.5) is 13.2 Å². The van der Waals surface area contributed by atoms with E-state index in [0.29, 0.717) is 31.9 Å². The lowest BCUT2D eigenvalue weighted by atomic mass is 10.0. The van der Waals surface area contributed by atoms with Gasteiger partial charge in [-0.2, -0.15) is 13.2 Å². The number of alkyl halides is 3. The molecule has 2 N–H and O–H groups in total. The second kappa shape index (κ2) is 11.6. The summed E-state index contributed by atoms with van der Waals surface area (Å²) in [6, 6.07) is 13.9. The molecule has 33 heavy (non-hydrogen) atoms. The summed E-state index contributed by atoms with van der Waals surface area (Å²) in [6.07, 6.45) is -1.41. The number of morpholine rings is 1. The van der Waals surface area contributed by atoms with Crippen molar-refractivity contribution in [2.75, 3.05) is 39.4 Å². The number of nitrogens with zero attached hydrogens (tertiary/aromatic N) is 1. The van der Waals surface area contributed by atoms with Gasteiger partial charge in [-0.3, -0.25) is 14.5 Å². The van der Waals surface area contributed by atoms with E-state index in [-0.39, 0.29) is 25.0 Å². The van der Waals surface area contributed by atoms with Gasteiger partial charge >= 0.3 is 6.18 Å². The van der Waals surface area contributed by atoms with Crippen molar-refractivity contribution in [3.8, 4) is 0 Å². The first-order valence-corrected chi connectivity index (χ1v) is 10.6. The van der Waals surface area contributed by atoms with Crippen LogP contribution in [0.5, 0.6) is 0 Å². The van der Waals surface area contributed by atoms with Gasteiger partial charge in [0.15, 0.2) is 0 Å². The van der Waals surface area contributed by atoms with Crippen molar-refractivity contribution in [1.29, 1.82) is 0 Å². The first kappa shape index (κ1) is 24.5. The highest BCUT2D eigenvalue weighted by Crippen LogP contribution is 2.31. The summed E-state index contributed by atoms with van der Waals surface area (Å²) in [7, 11) is 0. The summed E-state index contributed by atoms with van der Waals surface area (Å²) in [4.78, 5) is 26.3. The lowest BCUT2D eigenvalue weighted by Gasteiger charge is -2.35. The van der Waals surface area contributed by atoms with Crippen molar-refractivity contribution < 1.29 is 27.5 Å². The molecule has 1 saturated heterocycles. The molecule has 1 heterocycles. The minimum atomic E-state index is -4.41. The highest BCUT2D eigenvalue weighted by molar-refractivity contribution is 5.94. The molecule has 0 bridgehead atoms. The summed E-state index contributed by atoms with van der Waals surface area (Å²) < 4.78 is 44.1. The van der Waals surface area contributed by atoms with E-state index in [1.807, 2.05) is 30.3 Å². The lowest BCUT2D eigenvalue weighted by molar-refractivity contribution is -0.137. The number of hydrogen-bond acceptors (Lipinski definition) is 4. The van der Waals surface area contributed by atoms with Crippen LogP contribution < -0.4 is 10.6 Å². The van der Waals surface area contributed by atoms with E-state index >= 15 is 0 Å². The van der Waals surface area contributed by atoms with E-state index in [1.54, 1.807) is 6.08 Å². The van der Waals surface area contributed by atoms with Crippen LogP contribution in [0, 0.1) is 0 Å². The Bertz CT molecular complexity index is 941. The van der Waals surface area contributed by atoms with Crippen molar-refractivity contribution in [3.63, 3.8) is 0 Å². The number of amides is 2. The van der Waals surface area contributed by atoms with Crippen LogP contribution in [0.2, 0.25) is 0 Å². The number of carbonyl (C=O) groups excluding carboxylic acids is 2. The molecule has 0 aromatic heterocycles. The Morgan fingerprint density at radius 3 is 2.30 bits per heavy atom. The van der Waals surface area contributed by atoms with Crippen LogP contribution in [0.25, 0.3) is 6.08 Å². The molecule has 0 saturated carbocycles. The Hall–Kier alpha value is -3.17. The second-order valence-corrected chi connectivity index (χ2v) is 7.55. The predicted octanol–water partition coefficient (Wildman–Crippen LogP) is 3.02. The smallest absolute Gasteiger partial charge is 0.379 e. The van der Waals surface area contributed by atoms with E-state index in [1.165, 1.54) is 18.2 Å². The summed E-state index contributed by atoms with van der Waals surface area (Å²) in [5, 5.41) is 5.29. The second-order valence-electron chi connectivity index (χ2n) is 7.55. The van der Waals surface area contributed by atoms with Gasteiger partial charge in [0.1, 0.15) is 0 Å². The maximum atomic E-state index is 12.9. The molecule has 9 heteroatoms. The molecule has 2 amide bonds. The molecule has 0 spiro atoms. The molecule has 1 fully saturated rings. The molecule has 1 atom stereocenters. The highest BCUT2D eigenvalue weighted by atomic mass is 19.4. The number of nitrogens with one attached hydrogen (secondary N) is 2. The van der Waals surface area contributed by atoms with Gasteiger partial charge in [0.2, 0.25) is 11.8 Å². The molecule has 0 radical (unpaired) electrons. The lowest BCUT2D eigenvalue weighted by Crippen LogP contribution is -2.45. The fraction of sp³-hybridized carbons (Fsp3) is 0.333. The topological polar surface area (TPSA) is 70.7 Å². The number of ether oxygens (including phenoxy) is 1. The fourth-order valence-electron chi connectivity index (χ4n) is 3.48. The SMILES string of the molecule is O=C(/C=C/c1ccccc1)NCC(=O)NCC(c1ccc(C(F)(F)F)cc1)N1CCOCC1. The zero-order valence-corrected chi connectivity index (χ0v) is 18.0. The first-order chi connectivity index (χ1) is 15.8. The van der Waals surface area contributed by atoms with Crippen molar-refractivity contribution in [2.24, 2.45) is 0 Å². The maximum Gasteiger partial charge on any atom is 0.416 e. The molecular weight excluding hydrogens is 435 g/mol. The van der Waals surface area contributed by atoms with Gasteiger partial charge in [0.25, 0.3) is 0 Å². The number of halogens is 3. The van der Waals surface area contributed by atoms with Crippen LogP contribution in [0.1, 0.15) is 22.7 Å². The molecular formula is C24H26F3N3O3. The predicted molar refractivity (Wildman–Crippen MR) is 118 cm³/mol. The molecule has 176 valence electrons. The van der Waals surface area contributed by atoms with Gasteiger partial charge in [0.05, 0.1) is 31.4 Å². The molecule has 2 aromatic carbocycles. The normalized spacial score (nSPS) is 15.8. The van der Waals surface area contributed by atoms with E-state index in [4.69, 9.17) is 4.74 Å². The molecule has 3 rings (SSSR count). The summed E-state index contributed by atoms with van der Waals surface area (Å²) >= 11 is 0. The number of carbonyl (C=O) groups is 2. The van der Waals surface area contributed by atoms with Gasteiger partial charge in [-0.25, -0.2) is 0 Å². The van der Waals surface area contributed by atoms with Gasteiger partial charge < -0.3 is 15.4 Å². The van der Waals surface area contributed by atoms with Gasteiger partial charge in [-0.05, 0) is 29.3 Å². The zero-order chi connectivity index (χ0) is 23.7. The van der Waals surface area contributed by atoms with Gasteiger partial charge in [-0.15, -0.1) is 0 Å². The van der Waals surface area contributed by atoms with Crippen LogP contribution in [-0.4, -0.2) is 56.1 Å². The Labute approximate surface area is 190 Å². The Morgan fingerprint density at radius 2 is 1.67 bits per heavy atom. The summed E-state index contributed by atoms with van der Waals surface area (Å²) in [6.45, 7) is 2.20. The summed E-state index contributed by atoms with van der Waals surface area (Å²) in [5.41, 5.74) is 0.810. The standard InChI is InChI=1S/C24H26F3N3O3/c25-24(26,27)20-9-7-19(8-10-20)21(30-12-14-33-15-13-30)16-28-23(32)17-29-22(31)11-6-18-4-2-1-3-5-18/h1-11,21H,12-17H2,(H,28,32)(H,29,31)/b11-6+. The van der Waals surface area contributed by atoms with Crippen molar-refractivity contribution >= 4 is 17.9 Å². The third kappa shape index (κ3) is 7.73. The Kier molecular flexibility index (Phi) is 8.62. The molecule has 2 aromatic rings. The number of benzene rings is 2. The molecule has 6 nitrogen and oxygen atoms in total. The average Bonchev–Trinajstić information content (AvgIpc) is 2.82. The third-order valence-electron chi connectivity index (χ3n) is 5.25. The van der Waals surface area contributed by atoms with E-state index in [0.717, 1.165) is 17.7 Å². The highest BCUT2D eigenvalue weighted by Gasteiger charge is 2.31. The third-order valence-corrected chi connectivity index (χ3v) is 5.25. The quantitative estimate of drug-likeness (QED) is 0.593. The number of hydrogen-bond donors (Lipinski definition) is 2.